The molecule has 1 aromatic carbocycles. The molecule has 13 heavy (non-hydrogen) atoms. The predicted molar refractivity (Wildman–Crippen MR) is 51.5 cm³/mol. The smallest absolute Gasteiger partial charge is 0.245 e. The van der Waals surface area contributed by atoms with Crippen LogP contribution in [0.15, 0.2) is 24.3 Å². The maximum Gasteiger partial charge on any atom is 0.245 e. The van der Waals surface area contributed by atoms with E-state index in [0.717, 1.165) is 5.69 Å². The van der Waals surface area contributed by atoms with E-state index in [-0.39, 0.29) is 11.9 Å². The summed E-state index contributed by atoms with van der Waals surface area (Å²) in [5, 5.41) is 0. The number of carbonyl (C=O) groups excluding carboxylic acids is 1. The topological polar surface area (TPSA) is 46.3 Å². The first-order valence-corrected chi connectivity index (χ1v) is 4.32. The van der Waals surface area contributed by atoms with Gasteiger partial charge < -0.3 is 10.6 Å². The molecule has 1 fully saturated rings. The molecule has 0 unspecified atom stereocenters. The SMILES string of the molecule is Cc1ccc(N2C[C@@H](N)C2=O)cc1. The highest BCUT2D eigenvalue weighted by molar-refractivity contribution is 6.03. The number of carbonyl (C=O) groups is 1. The third-order valence-electron chi connectivity index (χ3n) is 2.31. The molecule has 0 bridgehead atoms. The van der Waals surface area contributed by atoms with Gasteiger partial charge in [-0.25, -0.2) is 0 Å². The standard InChI is InChI=1S/C10H12N2O/c1-7-2-4-8(5-3-7)12-6-9(11)10(12)13/h2-5,9H,6,11H2,1H3/t9-/m1/s1. The summed E-state index contributed by atoms with van der Waals surface area (Å²) in [6.45, 7) is 2.66. The second-order valence-electron chi connectivity index (χ2n) is 3.39. The van der Waals surface area contributed by atoms with Gasteiger partial charge in [0, 0.05) is 5.69 Å². The average molecular weight is 176 g/mol. The van der Waals surface area contributed by atoms with Crippen LogP contribution in [0.25, 0.3) is 0 Å². The second-order valence-corrected chi connectivity index (χ2v) is 3.39. The lowest BCUT2D eigenvalue weighted by molar-refractivity contribution is -0.123. The van der Waals surface area contributed by atoms with E-state index < -0.39 is 0 Å². The van der Waals surface area contributed by atoms with Crippen LogP contribution < -0.4 is 10.6 Å². The fraction of sp³-hybridized carbons (Fsp3) is 0.300. The first-order chi connectivity index (χ1) is 6.18. The van der Waals surface area contributed by atoms with Gasteiger partial charge in [0.2, 0.25) is 5.91 Å². The molecule has 1 aromatic rings. The van der Waals surface area contributed by atoms with Gasteiger partial charge in [-0.3, -0.25) is 4.79 Å². The van der Waals surface area contributed by atoms with Gasteiger partial charge >= 0.3 is 0 Å². The van der Waals surface area contributed by atoms with Crippen molar-refractivity contribution in [1.82, 2.24) is 0 Å². The van der Waals surface area contributed by atoms with Crippen molar-refractivity contribution < 1.29 is 4.79 Å². The summed E-state index contributed by atoms with van der Waals surface area (Å²) in [6, 6.07) is 7.58. The minimum Gasteiger partial charge on any atom is -0.318 e. The molecule has 0 spiro atoms. The Labute approximate surface area is 77.1 Å². The van der Waals surface area contributed by atoms with Crippen LogP contribution in [0, 0.1) is 6.92 Å². The van der Waals surface area contributed by atoms with Gasteiger partial charge in [0.15, 0.2) is 0 Å². The number of aryl methyl sites for hydroxylation is 1. The molecule has 2 N–H and O–H groups in total. The molecule has 68 valence electrons. The molecule has 1 heterocycles. The van der Waals surface area contributed by atoms with Crippen LogP contribution in [0.4, 0.5) is 5.69 Å². The van der Waals surface area contributed by atoms with Crippen LogP contribution in [0.1, 0.15) is 5.56 Å². The summed E-state index contributed by atoms with van der Waals surface area (Å²) >= 11 is 0. The number of hydrogen-bond donors (Lipinski definition) is 1. The molecule has 0 aromatic heterocycles. The Morgan fingerprint density at radius 2 is 2.00 bits per heavy atom. The monoisotopic (exact) mass is 176 g/mol. The molecule has 1 aliphatic rings. The number of rotatable bonds is 1. The summed E-state index contributed by atoms with van der Waals surface area (Å²) in [6.07, 6.45) is 0. The van der Waals surface area contributed by atoms with Crippen molar-refractivity contribution in [3.05, 3.63) is 29.8 Å². The zero-order chi connectivity index (χ0) is 9.42. The van der Waals surface area contributed by atoms with Gasteiger partial charge in [-0.2, -0.15) is 0 Å². The van der Waals surface area contributed by atoms with Crippen molar-refractivity contribution in [2.45, 2.75) is 13.0 Å². The van der Waals surface area contributed by atoms with Gasteiger partial charge in [-0.1, -0.05) is 17.7 Å². The first-order valence-electron chi connectivity index (χ1n) is 4.32. The number of β-lactam (4-membered cyclic amide) rings is 1. The molecular weight excluding hydrogens is 164 g/mol. The Morgan fingerprint density at radius 1 is 1.38 bits per heavy atom. The Hall–Kier alpha value is -1.35. The lowest BCUT2D eigenvalue weighted by Gasteiger charge is -2.36. The molecular formula is C10H12N2O. The third-order valence-corrected chi connectivity index (χ3v) is 2.31. The van der Waals surface area contributed by atoms with E-state index in [0.29, 0.717) is 6.54 Å². The lowest BCUT2D eigenvalue weighted by Crippen LogP contribution is -2.61. The third kappa shape index (κ3) is 1.31. The number of benzene rings is 1. The predicted octanol–water partition coefficient (Wildman–Crippen LogP) is 0.669. The van der Waals surface area contributed by atoms with E-state index >= 15 is 0 Å². The van der Waals surface area contributed by atoms with Gasteiger partial charge in [-0.15, -0.1) is 0 Å². The maximum absolute atomic E-state index is 11.2. The zero-order valence-corrected chi connectivity index (χ0v) is 7.53. The Balaban J connectivity index is 2.19. The Kier molecular flexibility index (Phi) is 1.81. The van der Waals surface area contributed by atoms with E-state index in [1.165, 1.54) is 5.56 Å². The molecule has 1 saturated heterocycles. The van der Waals surface area contributed by atoms with Gasteiger partial charge in [0.05, 0.1) is 6.54 Å². The van der Waals surface area contributed by atoms with Gasteiger partial charge in [0.1, 0.15) is 6.04 Å². The molecule has 1 aliphatic heterocycles. The maximum atomic E-state index is 11.2. The second kappa shape index (κ2) is 2.85. The van der Waals surface area contributed by atoms with E-state index in [2.05, 4.69) is 0 Å². The Morgan fingerprint density at radius 3 is 2.46 bits per heavy atom. The first kappa shape index (κ1) is 8.26. The number of amides is 1. The van der Waals surface area contributed by atoms with Crippen LogP contribution >= 0.6 is 0 Å². The highest BCUT2D eigenvalue weighted by Crippen LogP contribution is 2.21. The molecule has 3 heteroatoms. The van der Waals surface area contributed by atoms with Crippen LogP contribution in [0.2, 0.25) is 0 Å². The minimum atomic E-state index is -0.290. The van der Waals surface area contributed by atoms with E-state index in [9.17, 15) is 4.79 Å². The normalized spacial score (nSPS) is 21.5. The van der Waals surface area contributed by atoms with Crippen molar-refractivity contribution in [3.63, 3.8) is 0 Å². The summed E-state index contributed by atoms with van der Waals surface area (Å²) in [7, 11) is 0. The minimum absolute atomic E-state index is 0.0175. The number of hydrogen-bond acceptors (Lipinski definition) is 2. The highest BCUT2D eigenvalue weighted by atomic mass is 16.2. The van der Waals surface area contributed by atoms with Crippen LogP contribution in [0.5, 0.6) is 0 Å². The number of nitrogens with two attached hydrogens (primary N) is 1. The van der Waals surface area contributed by atoms with Crippen molar-refractivity contribution in [3.8, 4) is 0 Å². The Bertz CT molecular complexity index is 331. The van der Waals surface area contributed by atoms with Crippen molar-refractivity contribution in [2.75, 3.05) is 11.4 Å². The van der Waals surface area contributed by atoms with E-state index in [1.807, 2.05) is 31.2 Å². The molecule has 1 atom stereocenters. The lowest BCUT2D eigenvalue weighted by atomic mass is 10.1. The molecule has 0 radical (unpaired) electrons. The zero-order valence-electron chi connectivity index (χ0n) is 7.53. The quantitative estimate of drug-likeness (QED) is 0.639. The van der Waals surface area contributed by atoms with Crippen molar-refractivity contribution in [1.29, 1.82) is 0 Å². The summed E-state index contributed by atoms with van der Waals surface area (Å²) in [5.41, 5.74) is 7.63. The molecule has 1 amide bonds. The molecule has 3 nitrogen and oxygen atoms in total. The highest BCUT2D eigenvalue weighted by Gasteiger charge is 2.34. The summed E-state index contributed by atoms with van der Waals surface area (Å²) in [5.74, 6) is 0.0175. The van der Waals surface area contributed by atoms with Crippen molar-refractivity contribution >= 4 is 11.6 Å². The van der Waals surface area contributed by atoms with E-state index in [1.54, 1.807) is 4.90 Å². The largest absolute Gasteiger partial charge is 0.318 e. The number of anilines is 1. The fourth-order valence-electron chi connectivity index (χ4n) is 1.41. The van der Waals surface area contributed by atoms with Crippen LogP contribution in [0.3, 0.4) is 0 Å². The van der Waals surface area contributed by atoms with Crippen LogP contribution in [-0.2, 0) is 4.79 Å². The number of nitrogens with zero attached hydrogens (tertiary/aromatic N) is 1. The molecule has 2 rings (SSSR count). The average Bonchev–Trinajstić information content (AvgIpc) is 2.15. The summed E-state index contributed by atoms with van der Waals surface area (Å²) in [4.78, 5) is 12.9. The van der Waals surface area contributed by atoms with Crippen LogP contribution in [-0.4, -0.2) is 18.5 Å². The van der Waals surface area contributed by atoms with Crippen molar-refractivity contribution in [2.24, 2.45) is 5.73 Å². The fourth-order valence-corrected chi connectivity index (χ4v) is 1.41. The molecule has 0 aliphatic carbocycles. The summed E-state index contributed by atoms with van der Waals surface area (Å²) < 4.78 is 0. The molecule has 0 saturated carbocycles. The van der Waals surface area contributed by atoms with Gasteiger partial charge in [0.25, 0.3) is 0 Å². The van der Waals surface area contributed by atoms with Gasteiger partial charge in [-0.05, 0) is 19.1 Å². The van der Waals surface area contributed by atoms with E-state index in [4.69, 9.17) is 5.73 Å².